The number of hydrogen-bond acceptors (Lipinski definition) is 2. The number of rotatable bonds is 2. The number of benzene rings is 1. The van der Waals surface area contributed by atoms with Crippen molar-refractivity contribution in [1.82, 2.24) is 5.32 Å². The minimum Gasteiger partial charge on any atom is -0.349 e. The van der Waals surface area contributed by atoms with E-state index in [-0.39, 0.29) is 11.9 Å². The maximum atomic E-state index is 12.1. The van der Waals surface area contributed by atoms with Crippen molar-refractivity contribution in [1.29, 1.82) is 0 Å². The van der Waals surface area contributed by atoms with Gasteiger partial charge in [-0.15, -0.1) is 11.3 Å². The minimum absolute atomic E-state index is 0.0481. The molecule has 0 radical (unpaired) electrons. The zero-order chi connectivity index (χ0) is 12.5. The first-order valence-corrected chi connectivity index (χ1v) is 7.80. The maximum absolute atomic E-state index is 12.1. The Hall–Kier alpha value is -0.880. The SMILES string of the molecule is O=C(NC1Cc2ccccc2C1)c1csc(I)c1. The standard InChI is InChI=1S/C14H12INOS/c15-13-7-11(8-18-13)14(17)16-12-5-9-3-1-2-4-10(9)6-12/h1-4,7-8,12H,5-6H2,(H,16,17). The molecule has 1 aliphatic carbocycles. The van der Waals surface area contributed by atoms with Crippen LogP contribution in [0.3, 0.4) is 0 Å². The fourth-order valence-corrected chi connectivity index (χ4v) is 3.69. The fourth-order valence-electron chi connectivity index (χ4n) is 2.36. The van der Waals surface area contributed by atoms with E-state index in [1.54, 1.807) is 11.3 Å². The van der Waals surface area contributed by atoms with E-state index in [4.69, 9.17) is 0 Å². The summed E-state index contributed by atoms with van der Waals surface area (Å²) in [7, 11) is 0. The van der Waals surface area contributed by atoms with Gasteiger partial charge >= 0.3 is 0 Å². The molecule has 1 N–H and O–H groups in total. The number of amides is 1. The third-order valence-corrected chi connectivity index (χ3v) is 5.00. The predicted molar refractivity (Wildman–Crippen MR) is 82.1 cm³/mol. The van der Waals surface area contributed by atoms with Gasteiger partial charge in [-0.3, -0.25) is 4.79 Å². The molecule has 1 aromatic heterocycles. The Bertz CT molecular complexity index is 568. The second-order valence-corrected chi connectivity index (χ2v) is 7.29. The van der Waals surface area contributed by atoms with Crippen molar-refractivity contribution < 1.29 is 4.79 Å². The molecule has 0 unspecified atom stereocenters. The number of fused-ring (bicyclic) bond motifs is 1. The number of carbonyl (C=O) groups excluding carboxylic acids is 1. The average molecular weight is 369 g/mol. The van der Waals surface area contributed by atoms with Gasteiger partial charge in [0.05, 0.1) is 8.45 Å². The largest absolute Gasteiger partial charge is 0.349 e. The van der Waals surface area contributed by atoms with Crippen molar-refractivity contribution in [3.05, 3.63) is 55.3 Å². The molecule has 92 valence electrons. The number of carbonyl (C=O) groups is 1. The molecule has 0 atom stereocenters. The van der Waals surface area contributed by atoms with Gasteiger partial charge in [0.15, 0.2) is 0 Å². The van der Waals surface area contributed by atoms with Crippen LogP contribution in [0.5, 0.6) is 0 Å². The molecule has 0 saturated heterocycles. The molecule has 1 aliphatic rings. The van der Waals surface area contributed by atoms with E-state index in [2.05, 4.69) is 52.2 Å². The summed E-state index contributed by atoms with van der Waals surface area (Å²) in [6.45, 7) is 0. The van der Waals surface area contributed by atoms with Crippen LogP contribution < -0.4 is 5.32 Å². The van der Waals surface area contributed by atoms with Crippen LogP contribution in [0.1, 0.15) is 21.5 Å². The zero-order valence-corrected chi connectivity index (χ0v) is 12.6. The molecule has 0 spiro atoms. The van der Waals surface area contributed by atoms with Gasteiger partial charge in [0, 0.05) is 11.4 Å². The second-order valence-electron chi connectivity index (χ2n) is 4.49. The lowest BCUT2D eigenvalue weighted by Gasteiger charge is -2.10. The Morgan fingerprint density at radius 1 is 1.28 bits per heavy atom. The van der Waals surface area contributed by atoms with Crippen LogP contribution >= 0.6 is 33.9 Å². The normalized spacial score (nSPS) is 14.5. The van der Waals surface area contributed by atoms with Crippen LogP contribution in [0, 0.1) is 2.88 Å². The molecule has 18 heavy (non-hydrogen) atoms. The quantitative estimate of drug-likeness (QED) is 0.810. The molecule has 2 aromatic rings. The first kappa shape index (κ1) is 12.2. The lowest BCUT2D eigenvalue weighted by molar-refractivity contribution is 0.0939. The van der Waals surface area contributed by atoms with Gasteiger partial charge in [-0.25, -0.2) is 0 Å². The highest BCUT2D eigenvalue weighted by Gasteiger charge is 2.22. The lowest BCUT2D eigenvalue weighted by atomic mass is 10.1. The molecule has 4 heteroatoms. The third kappa shape index (κ3) is 2.44. The molecule has 0 fully saturated rings. The second kappa shape index (κ2) is 5.01. The Labute approximate surface area is 124 Å². The summed E-state index contributed by atoms with van der Waals surface area (Å²) in [5.41, 5.74) is 3.51. The highest BCUT2D eigenvalue weighted by molar-refractivity contribution is 14.1. The Kier molecular flexibility index (Phi) is 3.39. The number of halogens is 1. The first-order chi connectivity index (χ1) is 8.72. The molecule has 1 amide bonds. The van der Waals surface area contributed by atoms with Gasteiger partial charge in [0.25, 0.3) is 5.91 Å². The predicted octanol–water partition coefficient (Wildman–Crippen LogP) is 3.25. The van der Waals surface area contributed by atoms with Crippen LogP contribution in [0.4, 0.5) is 0 Å². The van der Waals surface area contributed by atoms with Crippen LogP contribution in [0.25, 0.3) is 0 Å². The van der Waals surface area contributed by atoms with Gasteiger partial charge < -0.3 is 5.32 Å². The lowest BCUT2D eigenvalue weighted by Crippen LogP contribution is -2.35. The molecule has 2 nitrogen and oxygen atoms in total. The number of nitrogens with one attached hydrogen (secondary N) is 1. The van der Waals surface area contributed by atoms with E-state index in [0.29, 0.717) is 0 Å². The third-order valence-electron chi connectivity index (χ3n) is 3.22. The van der Waals surface area contributed by atoms with E-state index in [0.717, 1.165) is 21.3 Å². The summed E-state index contributed by atoms with van der Waals surface area (Å²) in [5.74, 6) is 0.0481. The summed E-state index contributed by atoms with van der Waals surface area (Å²) >= 11 is 3.84. The molecule has 1 heterocycles. The van der Waals surface area contributed by atoms with Gasteiger partial charge in [-0.2, -0.15) is 0 Å². The highest BCUT2D eigenvalue weighted by atomic mass is 127. The van der Waals surface area contributed by atoms with E-state index < -0.39 is 0 Å². The van der Waals surface area contributed by atoms with Crippen molar-refractivity contribution in [2.75, 3.05) is 0 Å². The zero-order valence-electron chi connectivity index (χ0n) is 9.65. The van der Waals surface area contributed by atoms with Crippen LogP contribution in [0.15, 0.2) is 35.7 Å². The molecular formula is C14H12INOS. The van der Waals surface area contributed by atoms with E-state index >= 15 is 0 Å². The topological polar surface area (TPSA) is 29.1 Å². The molecule has 3 rings (SSSR count). The van der Waals surface area contributed by atoms with Crippen LogP contribution in [-0.2, 0) is 12.8 Å². The van der Waals surface area contributed by atoms with Crippen molar-refractivity contribution in [2.24, 2.45) is 0 Å². The molecule has 0 saturated carbocycles. The van der Waals surface area contributed by atoms with E-state index in [1.165, 1.54) is 11.1 Å². The number of hydrogen-bond donors (Lipinski definition) is 1. The Morgan fingerprint density at radius 2 is 1.94 bits per heavy atom. The fraction of sp³-hybridized carbons (Fsp3) is 0.214. The van der Waals surface area contributed by atoms with Gasteiger partial charge in [-0.1, -0.05) is 24.3 Å². The number of thiophene rings is 1. The van der Waals surface area contributed by atoms with E-state index in [9.17, 15) is 4.79 Å². The summed E-state index contributed by atoms with van der Waals surface area (Å²) in [4.78, 5) is 12.1. The van der Waals surface area contributed by atoms with Gasteiger partial charge in [0.1, 0.15) is 0 Å². The smallest absolute Gasteiger partial charge is 0.252 e. The summed E-state index contributed by atoms with van der Waals surface area (Å²) in [5, 5.41) is 5.04. The summed E-state index contributed by atoms with van der Waals surface area (Å²) < 4.78 is 1.15. The van der Waals surface area contributed by atoms with Crippen molar-refractivity contribution in [3.63, 3.8) is 0 Å². The maximum Gasteiger partial charge on any atom is 0.252 e. The minimum atomic E-state index is 0.0481. The first-order valence-electron chi connectivity index (χ1n) is 5.84. The van der Waals surface area contributed by atoms with Crippen LogP contribution in [0.2, 0.25) is 0 Å². The van der Waals surface area contributed by atoms with Crippen molar-refractivity contribution >= 4 is 39.8 Å². The monoisotopic (exact) mass is 369 g/mol. The van der Waals surface area contributed by atoms with Crippen molar-refractivity contribution in [2.45, 2.75) is 18.9 Å². The average Bonchev–Trinajstić information content (AvgIpc) is 2.94. The molecule has 1 aromatic carbocycles. The molecule has 0 bridgehead atoms. The highest BCUT2D eigenvalue weighted by Crippen LogP contribution is 2.22. The molecule has 0 aliphatic heterocycles. The van der Waals surface area contributed by atoms with Gasteiger partial charge in [0.2, 0.25) is 0 Å². The van der Waals surface area contributed by atoms with Gasteiger partial charge in [-0.05, 0) is 52.6 Å². The van der Waals surface area contributed by atoms with Crippen LogP contribution in [-0.4, -0.2) is 11.9 Å². The Balaban J connectivity index is 1.68. The Morgan fingerprint density at radius 3 is 2.50 bits per heavy atom. The summed E-state index contributed by atoms with van der Waals surface area (Å²) in [6.07, 6.45) is 1.90. The summed E-state index contributed by atoms with van der Waals surface area (Å²) in [6, 6.07) is 10.6. The van der Waals surface area contributed by atoms with E-state index in [1.807, 2.05) is 11.4 Å². The molecular weight excluding hydrogens is 357 g/mol. The van der Waals surface area contributed by atoms with Crippen molar-refractivity contribution in [3.8, 4) is 0 Å².